The predicted octanol–water partition coefficient (Wildman–Crippen LogP) is 3.82. The first-order chi connectivity index (χ1) is 12.2. The number of benzene rings is 2. The molecule has 1 N–H and O–H groups in total. The molecule has 0 fully saturated rings. The molecule has 0 bridgehead atoms. The molecule has 1 unspecified atom stereocenters. The molecule has 1 heterocycles. The van der Waals surface area contributed by atoms with Crippen LogP contribution in [-0.2, 0) is 4.74 Å². The summed E-state index contributed by atoms with van der Waals surface area (Å²) in [5, 5.41) is 3.02. The van der Waals surface area contributed by atoms with Crippen molar-refractivity contribution in [1.82, 2.24) is 5.32 Å². The summed E-state index contributed by atoms with van der Waals surface area (Å²) >= 11 is 1.49. The van der Waals surface area contributed by atoms with Crippen LogP contribution in [0.3, 0.4) is 0 Å². The number of hydrogen-bond acceptors (Lipinski definition) is 4. The number of nitrogens with one attached hydrogen (secondary N) is 1. The molecule has 132 valence electrons. The zero-order valence-electron chi connectivity index (χ0n) is 14.0. The van der Waals surface area contributed by atoms with E-state index in [1.54, 1.807) is 31.4 Å². The molecule has 25 heavy (non-hydrogen) atoms. The summed E-state index contributed by atoms with van der Waals surface area (Å²) in [5.74, 6) is 0.830. The molecule has 0 aromatic heterocycles. The van der Waals surface area contributed by atoms with Gasteiger partial charge in [-0.1, -0.05) is 24.3 Å². The Bertz CT molecular complexity index is 753. The maximum absolute atomic E-state index is 14.0. The number of carbonyl (C=O) groups is 1. The van der Waals surface area contributed by atoms with Crippen molar-refractivity contribution in [2.24, 2.45) is 0 Å². The number of amides is 1. The van der Waals surface area contributed by atoms with Crippen molar-refractivity contribution in [2.45, 2.75) is 17.4 Å². The van der Waals surface area contributed by atoms with Crippen molar-refractivity contribution >= 4 is 17.7 Å². The van der Waals surface area contributed by atoms with Crippen molar-refractivity contribution in [1.29, 1.82) is 0 Å². The topological polar surface area (TPSA) is 47.6 Å². The summed E-state index contributed by atoms with van der Waals surface area (Å²) in [6, 6.07) is 11.9. The lowest BCUT2D eigenvalue weighted by Crippen LogP contribution is -2.31. The van der Waals surface area contributed by atoms with Gasteiger partial charge in [0.05, 0.1) is 18.2 Å². The second kappa shape index (κ2) is 8.36. The minimum Gasteiger partial charge on any atom is -0.490 e. The molecule has 0 spiro atoms. The highest BCUT2D eigenvalue weighted by Gasteiger charge is 2.25. The second-order valence-electron chi connectivity index (χ2n) is 5.66. The molecular formula is C19H20FNO3S. The van der Waals surface area contributed by atoms with Gasteiger partial charge < -0.3 is 14.8 Å². The van der Waals surface area contributed by atoms with E-state index in [0.717, 1.165) is 17.7 Å². The van der Waals surface area contributed by atoms with E-state index in [9.17, 15) is 9.18 Å². The molecule has 0 radical (unpaired) electrons. The van der Waals surface area contributed by atoms with Gasteiger partial charge in [-0.2, -0.15) is 0 Å². The maximum atomic E-state index is 14.0. The number of thioether (sulfide) groups is 1. The molecule has 1 atom stereocenters. The summed E-state index contributed by atoms with van der Waals surface area (Å²) in [7, 11) is 1.60. The van der Waals surface area contributed by atoms with Gasteiger partial charge in [0, 0.05) is 17.8 Å². The fraction of sp³-hybridized carbons (Fsp3) is 0.316. The summed E-state index contributed by atoms with van der Waals surface area (Å²) in [5.41, 5.74) is 1.30. The van der Waals surface area contributed by atoms with Crippen LogP contribution in [0.15, 0.2) is 47.4 Å². The van der Waals surface area contributed by atoms with E-state index in [0.29, 0.717) is 29.4 Å². The molecule has 4 nitrogen and oxygen atoms in total. The van der Waals surface area contributed by atoms with Gasteiger partial charge in [0.15, 0.2) is 0 Å². The van der Waals surface area contributed by atoms with Crippen molar-refractivity contribution in [3.63, 3.8) is 0 Å². The largest absolute Gasteiger partial charge is 0.490 e. The number of methoxy groups -OCH3 is 1. The first-order valence-electron chi connectivity index (χ1n) is 8.13. The fourth-order valence-electron chi connectivity index (χ4n) is 2.79. The van der Waals surface area contributed by atoms with E-state index in [-0.39, 0.29) is 17.8 Å². The number of carbonyl (C=O) groups excluding carboxylic acids is 1. The first-order valence-corrected chi connectivity index (χ1v) is 9.12. The van der Waals surface area contributed by atoms with Crippen molar-refractivity contribution in [2.75, 3.05) is 26.1 Å². The standard InChI is InChI=1S/C19H20FNO3S/c1-23-10-11-24-17-8-3-2-5-14(17)19(22)21-16-9-12-25-18-13(16)6-4-7-15(18)20/h2-8,16H,9-12H2,1H3,(H,21,22). The van der Waals surface area contributed by atoms with Gasteiger partial charge >= 0.3 is 0 Å². The molecular weight excluding hydrogens is 341 g/mol. The molecule has 0 saturated heterocycles. The molecule has 0 saturated carbocycles. The Labute approximate surface area is 150 Å². The molecule has 1 amide bonds. The summed E-state index contributed by atoms with van der Waals surface area (Å²) in [4.78, 5) is 13.4. The van der Waals surface area contributed by atoms with Gasteiger partial charge in [0.2, 0.25) is 0 Å². The van der Waals surface area contributed by atoms with Gasteiger partial charge in [-0.05, 0) is 30.2 Å². The Morgan fingerprint density at radius 2 is 2.08 bits per heavy atom. The Morgan fingerprint density at radius 3 is 2.92 bits per heavy atom. The van der Waals surface area contributed by atoms with E-state index in [1.807, 2.05) is 12.1 Å². The molecule has 2 aromatic carbocycles. The highest BCUT2D eigenvalue weighted by molar-refractivity contribution is 7.99. The number of para-hydroxylation sites is 1. The third-order valence-corrected chi connectivity index (χ3v) is 5.17. The highest BCUT2D eigenvalue weighted by atomic mass is 32.2. The number of halogens is 1. The molecule has 0 aliphatic carbocycles. The van der Waals surface area contributed by atoms with E-state index in [1.165, 1.54) is 17.8 Å². The van der Waals surface area contributed by atoms with E-state index in [4.69, 9.17) is 9.47 Å². The lowest BCUT2D eigenvalue weighted by atomic mass is 10.0. The van der Waals surface area contributed by atoms with Gasteiger partial charge in [0.25, 0.3) is 5.91 Å². The normalized spacial score (nSPS) is 16.2. The lowest BCUT2D eigenvalue weighted by molar-refractivity contribution is 0.0927. The number of rotatable bonds is 6. The van der Waals surface area contributed by atoms with E-state index < -0.39 is 0 Å². The van der Waals surface area contributed by atoms with Crippen LogP contribution < -0.4 is 10.1 Å². The van der Waals surface area contributed by atoms with Crippen LogP contribution in [0.4, 0.5) is 4.39 Å². The Hall–Kier alpha value is -2.05. The number of hydrogen-bond donors (Lipinski definition) is 1. The van der Waals surface area contributed by atoms with Crippen molar-refractivity contribution in [3.05, 3.63) is 59.4 Å². The van der Waals surface area contributed by atoms with E-state index in [2.05, 4.69) is 5.32 Å². The maximum Gasteiger partial charge on any atom is 0.255 e. The van der Waals surface area contributed by atoms with Crippen LogP contribution in [0.25, 0.3) is 0 Å². The third-order valence-electron chi connectivity index (χ3n) is 4.01. The zero-order valence-corrected chi connectivity index (χ0v) is 14.8. The van der Waals surface area contributed by atoms with Gasteiger partial charge in [-0.25, -0.2) is 4.39 Å². The van der Waals surface area contributed by atoms with E-state index >= 15 is 0 Å². The quantitative estimate of drug-likeness (QED) is 0.795. The minimum atomic E-state index is -0.232. The predicted molar refractivity (Wildman–Crippen MR) is 95.8 cm³/mol. The minimum absolute atomic E-state index is 0.202. The Kier molecular flexibility index (Phi) is 5.94. The Morgan fingerprint density at radius 1 is 1.24 bits per heavy atom. The summed E-state index contributed by atoms with van der Waals surface area (Å²) in [6.07, 6.45) is 0.763. The molecule has 1 aliphatic heterocycles. The molecule has 3 rings (SSSR count). The summed E-state index contributed by atoms with van der Waals surface area (Å²) < 4.78 is 24.6. The van der Waals surface area contributed by atoms with Gasteiger partial charge in [-0.3, -0.25) is 4.79 Å². The van der Waals surface area contributed by atoms with Crippen LogP contribution in [0, 0.1) is 5.82 Å². The van der Waals surface area contributed by atoms with Gasteiger partial charge in [0.1, 0.15) is 18.2 Å². The van der Waals surface area contributed by atoms with Crippen LogP contribution in [0.5, 0.6) is 5.75 Å². The zero-order chi connectivity index (χ0) is 17.6. The van der Waals surface area contributed by atoms with Crippen LogP contribution >= 0.6 is 11.8 Å². The first kappa shape index (κ1) is 17.8. The third kappa shape index (κ3) is 4.14. The SMILES string of the molecule is COCCOc1ccccc1C(=O)NC1CCSc2c(F)cccc21. The number of fused-ring (bicyclic) bond motifs is 1. The highest BCUT2D eigenvalue weighted by Crippen LogP contribution is 2.38. The van der Waals surface area contributed by atoms with Crippen LogP contribution in [-0.4, -0.2) is 32.0 Å². The average Bonchev–Trinajstić information content (AvgIpc) is 2.63. The van der Waals surface area contributed by atoms with Gasteiger partial charge in [-0.15, -0.1) is 11.8 Å². The second-order valence-corrected chi connectivity index (χ2v) is 6.76. The monoisotopic (exact) mass is 361 g/mol. The Balaban J connectivity index is 1.77. The lowest BCUT2D eigenvalue weighted by Gasteiger charge is -2.26. The molecule has 6 heteroatoms. The van der Waals surface area contributed by atoms with Crippen LogP contribution in [0.2, 0.25) is 0 Å². The van der Waals surface area contributed by atoms with Crippen molar-refractivity contribution in [3.8, 4) is 5.75 Å². The average molecular weight is 361 g/mol. The van der Waals surface area contributed by atoms with Crippen molar-refractivity contribution < 1.29 is 18.7 Å². The summed E-state index contributed by atoms with van der Waals surface area (Å²) in [6.45, 7) is 0.817. The smallest absolute Gasteiger partial charge is 0.255 e. The van der Waals surface area contributed by atoms with Crippen LogP contribution in [0.1, 0.15) is 28.4 Å². The fourth-order valence-corrected chi connectivity index (χ4v) is 3.93. The molecule has 2 aromatic rings. The molecule has 1 aliphatic rings. The number of ether oxygens (including phenoxy) is 2.